The average Bonchev–Trinajstić information content (AvgIpc) is 2.45. The van der Waals surface area contributed by atoms with E-state index in [9.17, 15) is 4.79 Å². The minimum absolute atomic E-state index is 0.265. The Balaban J connectivity index is 2.20. The van der Waals surface area contributed by atoms with Gasteiger partial charge in [-0.15, -0.1) is 0 Å². The van der Waals surface area contributed by atoms with Crippen LogP contribution in [0.25, 0.3) is 0 Å². The molecular formula is C15H13BrClNO2. The Hall–Kier alpha value is -1.36. The van der Waals surface area contributed by atoms with E-state index in [2.05, 4.69) is 21.2 Å². The van der Waals surface area contributed by atoms with E-state index in [4.69, 9.17) is 16.3 Å². The number of benzene rings is 2. The molecule has 1 amide bonds. The van der Waals surface area contributed by atoms with Crippen LogP contribution in [0.3, 0.4) is 0 Å². The number of amides is 1. The largest absolute Gasteiger partial charge is 0.367 e. The van der Waals surface area contributed by atoms with Crippen molar-refractivity contribution < 1.29 is 9.53 Å². The number of hydrogen-bond donors (Lipinski definition) is 1. The van der Waals surface area contributed by atoms with E-state index in [0.717, 1.165) is 10.0 Å². The van der Waals surface area contributed by atoms with Crippen molar-refractivity contribution in [3.05, 3.63) is 63.6 Å². The quantitative estimate of drug-likeness (QED) is 0.882. The summed E-state index contributed by atoms with van der Waals surface area (Å²) in [5, 5.41) is 3.25. The summed E-state index contributed by atoms with van der Waals surface area (Å²) in [6.07, 6.45) is -0.675. The zero-order chi connectivity index (χ0) is 14.5. The molecule has 0 bridgehead atoms. The minimum Gasteiger partial charge on any atom is -0.367 e. The molecule has 0 spiro atoms. The molecule has 0 saturated heterocycles. The zero-order valence-electron chi connectivity index (χ0n) is 10.8. The Bertz CT molecular complexity index is 604. The molecule has 0 aromatic heterocycles. The van der Waals surface area contributed by atoms with Crippen LogP contribution in [0.5, 0.6) is 0 Å². The number of hydrogen-bond acceptors (Lipinski definition) is 2. The first-order valence-electron chi connectivity index (χ1n) is 5.95. The number of carbonyl (C=O) groups excluding carboxylic acids is 1. The fourth-order valence-electron chi connectivity index (χ4n) is 1.81. The third-order valence-corrected chi connectivity index (χ3v) is 3.59. The van der Waals surface area contributed by atoms with Gasteiger partial charge < -0.3 is 10.1 Å². The predicted molar refractivity (Wildman–Crippen MR) is 84.0 cm³/mol. The van der Waals surface area contributed by atoms with Gasteiger partial charge in [-0.25, -0.2) is 0 Å². The summed E-state index contributed by atoms with van der Waals surface area (Å²) in [5.74, 6) is -0.265. The van der Waals surface area contributed by atoms with Crippen LogP contribution in [-0.4, -0.2) is 13.0 Å². The SMILES string of the molecule is COC(C(=O)Nc1cc(Br)ccc1Cl)c1ccccc1. The predicted octanol–water partition coefficient (Wildman–Crippen LogP) is 4.43. The molecule has 2 aromatic carbocycles. The van der Waals surface area contributed by atoms with Crippen molar-refractivity contribution in [2.75, 3.05) is 12.4 Å². The third-order valence-electron chi connectivity index (χ3n) is 2.76. The molecule has 0 heterocycles. The highest BCUT2D eigenvalue weighted by Gasteiger charge is 2.20. The standard InChI is InChI=1S/C15H13BrClNO2/c1-20-14(10-5-3-2-4-6-10)15(19)18-13-9-11(16)7-8-12(13)17/h2-9,14H,1H3,(H,18,19). The van der Waals surface area contributed by atoms with Crippen molar-refractivity contribution in [3.8, 4) is 0 Å². The lowest BCUT2D eigenvalue weighted by molar-refractivity contribution is -0.126. The molecule has 0 aliphatic carbocycles. The first-order valence-corrected chi connectivity index (χ1v) is 7.12. The summed E-state index contributed by atoms with van der Waals surface area (Å²) in [6.45, 7) is 0. The Morgan fingerprint density at radius 3 is 2.60 bits per heavy atom. The first-order chi connectivity index (χ1) is 9.61. The molecule has 1 atom stereocenters. The Labute approximate surface area is 131 Å². The molecule has 0 radical (unpaired) electrons. The van der Waals surface area contributed by atoms with Crippen LogP contribution < -0.4 is 5.32 Å². The van der Waals surface area contributed by atoms with Gasteiger partial charge in [-0.3, -0.25) is 4.79 Å². The van der Waals surface area contributed by atoms with Crippen molar-refractivity contribution in [1.82, 2.24) is 0 Å². The van der Waals surface area contributed by atoms with Gasteiger partial charge in [-0.1, -0.05) is 57.9 Å². The third kappa shape index (κ3) is 3.60. The maximum atomic E-state index is 12.3. The molecule has 0 fully saturated rings. The van der Waals surface area contributed by atoms with Gasteiger partial charge in [0.05, 0.1) is 10.7 Å². The number of halogens is 2. The van der Waals surface area contributed by atoms with Gasteiger partial charge in [0.1, 0.15) is 0 Å². The van der Waals surface area contributed by atoms with Crippen LogP contribution >= 0.6 is 27.5 Å². The molecule has 20 heavy (non-hydrogen) atoms. The normalized spacial score (nSPS) is 11.9. The van der Waals surface area contributed by atoms with Gasteiger partial charge in [-0.2, -0.15) is 0 Å². The lowest BCUT2D eigenvalue weighted by Crippen LogP contribution is -2.22. The van der Waals surface area contributed by atoms with Crippen LogP contribution in [0.2, 0.25) is 5.02 Å². The summed E-state index contributed by atoms with van der Waals surface area (Å²) >= 11 is 9.40. The second-order valence-corrected chi connectivity index (χ2v) is 5.46. The Morgan fingerprint density at radius 1 is 1.25 bits per heavy atom. The molecule has 0 aliphatic heterocycles. The molecule has 0 saturated carbocycles. The van der Waals surface area contributed by atoms with Gasteiger partial charge in [0.15, 0.2) is 6.10 Å². The number of methoxy groups -OCH3 is 1. The van der Waals surface area contributed by atoms with E-state index in [0.29, 0.717) is 10.7 Å². The second kappa shape index (κ2) is 6.88. The van der Waals surface area contributed by atoms with Crippen LogP contribution in [0.1, 0.15) is 11.7 Å². The van der Waals surface area contributed by atoms with E-state index >= 15 is 0 Å². The van der Waals surface area contributed by atoms with Gasteiger partial charge in [0.2, 0.25) is 0 Å². The number of nitrogens with one attached hydrogen (secondary N) is 1. The van der Waals surface area contributed by atoms with E-state index in [-0.39, 0.29) is 5.91 Å². The van der Waals surface area contributed by atoms with Crippen molar-refractivity contribution in [1.29, 1.82) is 0 Å². The molecule has 104 valence electrons. The van der Waals surface area contributed by atoms with Crippen molar-refractivity contribution >= 4 is 39.1 Å². The lowest BCUT2D eigenvalue weighted by Gasteiger charge is -2.16. The highest BCUT2D eigenvalue weighted by Crippen LogP contribution is 2.27. The number of rotatable bonds is 4. The fraction of sp³-hybridized carbons (Fsp3) is 0.133. The maximum absolute atomic E-state index is 12.3. The number of anilines is 1. The Kier molecular flexibility index (Phi) is 5.17. The van der Waals surface area contributed by atoms with Crippen molar-refractivity contribution in [3.63, 3.8) is 0 Å². The van der Waals surface area contributed by atoms with E-state index in [1.54, 1.807) is 12.1 Å². The number of ether oxygens (including phenoxy) is 1. The van der Waals surface area contributed by atoms with Crippen LogP contribution in [0, 0.1) is 0 Å². The maximum Gasteiger partial charge on any atom is 0.258 e. The summed E-state index contributed by atoms with van der Waals surface area (Å²) < 4.78 is 6.11. The second-order valence-electron chi connectivity index (χ2n) is 4.14. The van der Waals surface area contributed by atoms with Crippen molar-refractivity contribution in [2.45, 2.75) is 6.10 Å². The zero-order valence-corrected chi connectivity index (χ0v) is 13.1. The monoisotopic (exact) mass is 353 g/mol. The average molecular weight is 355 g/mol. The minimum atomic E-state index is -0.675. The van der Waals surface area contributed by atoms with E-state index in [1.165, 1.54) is 7.11 Å². The summed E-state index contributed by atoms with van der Waals surface area (Å²) in [6, 6.07) is 14.6. The lowest BCUT2D eigenvalue weighted by atomic mass is 10.1. The molecule has 1 unspecified atom stereocenters. The summed E-state index contributed by atoms with van der Waals surface area (Å²) in [4.78, 5) is 12.3. The highest BCUT2D eigenvalue weighted by atomic mass is 79.9. The fourth-order valence-corrected chi connectivity index (χ4v) is 2.34. The highest BCUT2D eigenvalue weighted by molar-refractivity contribution is 9.10. The first kappa shape index (κ1) is 15.0. The molecule has 2 aromatic rings. The van der Waals surface area contributed by atoms with Gasteiger partial charge in [0, 0.05) is 11.6 Å². The summed E-state index contributed by atoms with van der Waals surface area (Å²) in [5.41, 5.74) is 1.34. The molecular weight excluding hydrogens is 342 g/mol. The Morgan fingerprint density at radius 2 is 1.95 bits per heavy atom. The van der Waals surface area contributed by atoms with Gasteiger partial charge in [0.25, 0.3) is 5.91 Å². The molecule has 1 N–H and O–H groups in total. The van der Waals surface area contributed by atoms with Crippen LogP contribution in [0.15, 0.2) is 53.0 Å². The molecule has 2 rings (SSSR count). The smallest absolute Gasteiger partial charge is 0.258 e. The molecule has 3 nitrogen and oxygen atoms in total. The van der Waals surface area contributed by atoms with Gasteiger partial charge in [-0.05, 0) is 23.8 Å². The van der Waals surface area contributed by atoms with Crippen LogP contribution in [0.4, 0.5) is 5.69 Å². The molecule has 5 heteroatoms. The van der Waals surface area contributed by atoms with E-state index in [1.807, 2.05) is 36.4 Å². The van der Waals surface area contributed by atoms with E-state index < -0.39 is 6.10 Å². The topological polar surface area (TPSA) is 38.3 Å². The number of carbonyl (C=O) groups is 1. The molecule has 0 aliphatic rings. The summed E-state index contributed by atoms with van der Waals surface area (Å²) in [7, 11) is 1.50. The van der Waals surface area contributed by atoms with Crippen LogP contribution in [-0.2, 0) is 9.53 Å². The van der Waals surface area contributed by atoms with Crippen molar-refractivity contribution in [2.24, 2.45) is 0 Å². The van der Waals surface area contributed by atoms with Gasteiger partial charge >= 0.3 is 0 Å².